The summed E-state index contributed by atoms with van der Waals surface area (Å²) in [6, 6.07) is 8.18. The summed E-state index contributed by atoms with van der Waals surface area (Å²) >= 11 is 0. The van der Waals surface area contributed by atoms with Crippen LogP contribution in [-0.2, 0) is 6.61 Å². The normalized spacial score (nSPS) is 10.8. The van der Waals surface area contributed by atoms with Crippen LogP contribution in [0.4, 0.5) is 5.82 Å². The van der Waals surface area contributed by atoms with Gasteiger partial charge in [-0.3, -0.25) is 0 Å². The van der Waals surface area contributed by atoms with Crippen LogP contribution in [-0.4, -0.2) is 9.91 Å². The summed E-state index contributed by atoms with van der Waals surface area (Å²) < 4.78 is 10.8. The van der Waals surface area contributed by atoms with Crippen LogP contribution in [0.2, 0.25) is 0 Å². The molecule has 128 valence electrons. The minimum Gasteiger partial charge on any atom is -0.481 e. The van der Waals surface area contributed by atoms with E-state index in [1.165, 1.54) is 12.1 Å². The van der Waals surface area contributed by atoms with E-state index in [9.17, 15) is 14.9 Å². The molecule has 0 aliphatic heterocycles. The second kappa shape index (κ2) is 6.35. The van der Waals surface area contributed by atoms with Crippen LogP contribution in [0, 0.1) is 30.9 Å². The number of rotatable bonds is 4. The lowest BCUT2D eigenvalue weighted by Gasteiger charge is -2.10. The van der Waals surface area contributed by atoms with Crippen molar-refractivity contribution < 1.29 is 14.1 Å². The van der Waals surface area contributed by atoms with Crippen LogP contribution >= 0.6 is 0 Å². The van der Waals surface area contributed by atoms with Crippen molar-refractivity contribution in [3.05, 3.63) is 73.3 Å². The fourth-order valence-corrected chi connectivity index (χ4v) is 2.53. The van der Waals surface area contributed by atoms with Gasteiger partial charge in [-0.25, -0.2) is 4.79 Å². The molecule has 0 aliphatic rings. The molecule has 0 bridgehead atoms. The van der Waals surface area contributed by atoms with Gasteiger partial charge in [0.25, 0.3) is 0 Å². The molecule has 0 N–H and O–H groups in total. The summed E-state index contributed by atoms with van der Waals surface area (Å²) in [5, 5.41) is 11.9. The quantitative estimate of drug-likeness (QED) is 0.409. The molecule has 0 unspecified atom stereocenters. The van der Waals surface area contributed by atoms with E-state index in [1.54, 1.807) is 19.1 Å². The number of aromatic nitrogens is 1. The Labute approximate surface area is 143 Å². The van der Waals surface area contributed by atoms with Crippen LogP contribution in [0.5, 0.6) is 5.75 Å². The first kappa shape index (κ1) is 16.6. The van der Waals surface area contributed by atoms with E-state index < -0.39 is 10.5 Å². The van der Waals surface area contributed by atoms with Gasteiger partial charge >= 0.3 is 11.4 Å². The van der Waals surface area contributed by atoms with Crippen molar-refractivity contribution in [3.8, 4) is 5.75 Å². The first-order chi connectivity index (χ1) is 11.8. The van der Waals surface area contributed by atoms with Gasteiger partial charge in [0, 0.05) is 23.9 Å². The molecule has 0 atom stereocenters. The second-order valence-corrected chi connectivity index (χ2v) is 5.84. The Balaban J connectivity index is 2.01. The molecule has 7 nitrogen and oxygen atoms in total. The van der Waals surface area contributed by atoms with Crippen LogP contribution in [0.3, 0.4) is 0 Å². The van der Waals surface area contributed by atoms with Gasteiger partial charge in [0.1, 0.15) is 17.9 Å². The number of hydrogen-bond donors (Lipinski definition) is 0. The predicted octanol–water partition coefficient (Wildman–Crippen LogP) is 3.60. The number of hydrogen-bond acceptors (Lipinski definition) is 6. The fourth-order valence-electron chi connectivity index (χ4n) is 2.53. The number of fused-ring (bicyclic) bond motifs is 1. The number of nitro groups is 1. The smallest absolute Gasteiger partial charge is 0.406 e. The summed E-state index contributed by atoms with van der Waals surface area (Å²) in [7, 11) is 0. The van der Waals surface area contributed by atoms with E-state index >= 15 is 0 Å². The molecule has 0 aliphatic carbocycles. The van der Waals surface area contributed by atoms with Crippen molar-refractivity contribution in [1.29, 1.82) is 0 Å². The monoisotopic (exact) mass is 340 g/mol. The van der Waals surface area contributed by atoms with Crippen LogP contribution < -0.4 is 10.4 Å². The topological polar surface area (TPSA) is 95.5 Å². The minimum atomic E-state index is -0.590. The van der Waals surface area contributed by atoms with Crippen molar-refractivity contribution in [2.45, 2.75) is 27.4 Å². The van der Waals surface area contributed by atoms with Gasteiger partial charge in [-0.1, -0.05) is 0 Å². The van der Waals surface area contributed by atoms with E-state index in [-0.39, 0.29) is 18.2 Å². The Morgan fingerprint density at radius 3 is 2.60 bits per heavy atom. The van der Waals surface area contributed by atoms with Gasteiger partial charge in [-0.2, -0.15) is 0 Å². The first-order valence-corrected chi connectivity index (χ1v) is 7.64. The highest BCUT2D eigenvalue weighted by Crippen LogP contribution is 2.27. The van der Waals surface area contributed by atoms with E-state index in [0.29, 0.717) is 16.8 Å². The third-order valence-corrected chi connectivity index (χ3v) is 3.98. The maximum Gasteiger partial charge on any atom is 0.406 e. The SMILES string of the molecule is Cc1ccc(OCc2cc(=O)oc3cc(C)c(C)cc23)c([N+](=O)[O-])n1. The Kier molecular flexibility index (Phi) is 4.22. The summed E-state index contributed by atoms with van der Waals surface area (Å²) in [5.74, 6) is -0.292. The van der Waals surface area contributed by atoms with Gasteiger partial charge < -0.3 is 19.3 Å². The van der Waals surface area contributed by atoms with Gasteiger partial charge in [-0.15, -0.1) is 0 Å². The molecule has 7 heteroatoms. The maximum absolute atomic E-state index is 11.8. The van der Waals surface area contributed by atoms with Crippen molar-refractivity contribution in [2.75, 3.05) is 0 Å². The Bertz CT molecular complexity index is 1040. The summed E-state index contributed by atoms with van der Waals surface area (Å²) in [5.41, 5.74) is 3.15. The highest BCUT2D eigenvalue weighted by Gasteiger charge is 2.18. The zero-order valence-electron chi connectivity index (χ0n) is 14.0. The molecule has 0 spiro atoms. The first-order valence-electron chi connectivity index (χ1n) is 7.64. The molecule has 3 rings (SSSR count). The molecular weight excluding hydrogens is 324 g/mol. The third kappa shape index (κ3) is 3.35. The van der Waals surface area contributed by atoms with Crippen molar-refractivity contribution in [2.24, 2.45) is 0 Å². The lowest BCUT2D eigenvalue weighted by Crippen LogP contribution is -2.06. The highest BCUT2D eigenvalue weighted by molar-refractivity contribution is 5.81. The van der Waals surface area contributed by atoms with Crippen molar-refractivity contribution in [3.63, 3.8) is 0 Å². The number of ether oxygens (including phenoxy) is 1. The average molecular weight is 340 g/mol. The number of aryl methyl sites for hydroxylation is 3. The molecule has 0 saturated heterocycles. The molecule has 0 amide bonds. The second-order valence-electron chi connectivity index (χ2n) is 5.84. The van der Waals surface area contributed by atoms with E-state index in [1.807, 2.05) is 19.9 Å². The van der Waals surface area contributed by atoms with Gasteiger partial charge in [0.2, 0.25) is 5.75 Å². The molecule has 3 aromatic rings. The molecule has 0 fully saturated rings. The molecular formula is C18H16N2O5. The Morgan fingerprint density at radius 2 is 1.88 bits per heavy atom. The largest absolute Gasteiger partial charge is 0.481 e. The summed E-state index contributed by atoms with van der Waals surface area (Å²) in [6.45, 7) is 5.55. The highest BCUT2D eigenvalue weighted by atomic mass is 16.6. The number of benzene rings is 1. The average Bonchev–Trinajstić information content (AvgIpc) is 2.55. The third-order valence-electron chi connectivity index (χ3n) is 3.98. The minimum absolute atomic E-state index is 0.00379. The van der Waals surface area contributed by atoms with Gasteiger partial charge in [-0.05, 0) is 59.1 Å². The molecule has 1 aromatic carbocycles. The zero-order chi connectivity index (χ0) is 18.1. The number of pyridine rings is 1. The summed E-state index contributed by atoms with van der Waals surface area (Å²) in [4.78, 5) is 26.2. The fraction of sp³-hybridized carbons (Fsp3) is 0.222. The van der Waals surface area contributed by atoms with E-state index in [4.69, 9.17) is 9.15 Å². The van der Waals surface area contributed by atoms with Gasteiger partial charge in [0.15, 0.2) is 0 Å². The van der Waals surface area contributed by atoms with Crippen LogP contribution in [0.15, 0.2) is 39.5 Å². The Morgan fingerprint density at radius 1 is 1.16 bits per heavy atom. The van der Waals surface area contributed by atoms with E-state index in [0.717, 1.165) is 16.5 Å². The molecule has 2 aromatic heterocycles. The van der Waals surface area contributed by atoms with E-state index in [2.05, 4.69) is 4.98 Å². The lowest BCUT2D eigenvalue weighted by molar-refractivity contribution is -0.390. The predicted molar refractivity (Wildman–Crippen MR) is 91.9 cm³/mol. The molecule has 0 saturated carbocycles. The van der Waals surface area contributed by atoms with Gasteiger partial charge in [0.05, 0.1) is 0 Å². The summed E-state index contributed by atoms with van der Waals surface area (Å²) in [6.07, 6.45) is 0. The number of nitrogens with zero attached hydrogens (tertiary/aromatic N) is 2. The Hall–Kier alpha value is -3.22. The molecule has 2 heterocycles. The van der Waals surface area contributed by atoms with Crippen molar-refractivity contribution >= 4 is 16.8 Å². The maximum atomic E-state index is 11.8. The standard InChI is InChI=1S/C18H16N2O5/c1-10-6-14-13(8-17(21)25-16(14)7-11(10)2)9-24-15-5-4-12(3)19-18(15)20(22)23/h4-8H,9H2,1-3H3. The van der Waals surface area contributed by atoms with Crippen LogP contribution in [0.25, 0.3) is 11.0 Å². The molecule has 0 radical (unpaired) electrons. The molecule has 25 heavy (non-hydrogen) atoms. The van der Waals surface area contributed by atoms with Crippen molar-refractivity contribution in [1.82, 2.24) is 4.98 Å². The zero-order valence-corrected chi connectivity index (χ0v) is 14.0. The lowest BCUT2D eigenvalue weighted by atomic mass is 10.0. The van der Waals surface area contributed by atoms with Crippen LogP contribution in [0.1, 0.15) is 22.4 Å².